The van der Waals surface area contributed by atoms with Gasteiger partial charge in [-0.1, -0.05) is 24.6 Å². The summed E-state index contributed by atoms with van der Waals surface area (Å²) in [4.78, 5) is 4.59. The molecule has 2 heteroatoms. The second-order valence-corrected chi connectivity index (χ2v) is 3.85. The molecule has 74 valence electrons. The molecule has 0 spiro atoms. The molecule has 1 aliphatic rings. The topological polar surface area (TPSA) is 24.4 Å². The smallest absolute Gasteiger partial charge is 0.0983 e. The fourth-order valence-corrected chi connectivity index (χ4v) is 1.91. The molecule has 0 saturated heterocycles. The van der Waals surface area contributed by atoms with Crippen LogP contribution < -0.4 is 5.32 Å². The number of rotatable bonds is 1. The normalized spacial score (nSPS) is 19.6. The van der Waals surface area contributed by atoms with Crippen molar-refractivity contribution in [2.45, 2.75) is 33.2 Å². The second-order valence-electron chi connectivity index (χ2n) is 3.85. The lowest BCUT2D eigenvalue weighted by molar-refractivity contribution is 0.695. The van der Waals surface area contributed by atoms with Gasteiger partial charge in [-0.3, -0.25) is 4.99 Å². The highest BCUT2D eigenvalue weighted by atomic mass is 15.0. The standard InChI is InChI=1S/C12H16N2/c1-4-11-10-7-8(2)5-6-12(10)14-9(3)13-11/h5-7,11H,4H2,1-3H3,(H,13,14). The van der Waals surface area contributed by atoms with E-state index in [9.17, 15) is 0 Å². The van der Waals surface area contributed by atoms with Gasteiger partial charge in [0.25, 0.3) is 0 Å². The minimum atomic E-state index is 0.339. The summed E-state index contributed by atoms with van der Waals surface area (Å²) in [5.41, 5.74) is 3.85. The Morgan fingerprint density at radius 1 is 1.36 bits per heavy atom. The molecule has 0 bridgehead atoms. The first-order valence-corrected chi connectivity index (χ1v) is 5.12. The Kier molecular flexibility index (Phi) is 2.28. The van der Waals surface area contributed by atoms with E-state index in [1.807, 2.05) is 6.92 Å². The highest BCUT2D eigenvalue weighted by Crippen LogP contribution is 2.32. The molecule has 2 nitrogen and oxygen atoms in total. The molecule has 0 amide bonds. The molecule has 1 aromatic carbocycles. The van der Waals surface area contributed by atoms with Crippen LogP contribution in [0.1, 0.15) is 37.4 Å². The first-order valence-electron chi connectivity index (χ1n) is 5.12. The van der Waals surface area contributed by atoms with Gasteiger partial charge in [0, 0.05) is 11.3 Å². The zero-order chi connectivity index (χ0) is 10.1. The molecule has 0 aliphatic carbocycles. The van der Waals surface area contributed by atoms with Gasteiger partial charge in [-0.15, -0.1) is 0 Å². The lowest BCUT2D eigenvalue weighted by Gasteiger charge is -2.23. The van der Waals surface area contributed by atoms with Gasteiger partial charge in [-0.05, 0) is 26.3 Å². The molecule has 1 unspecified atom stereocenters. The average molecular weight is 188 g/mol. The van der Waals surface area contributed by atoms with Crippen molar-refractivity contribution in [3.63, 3.8) is 0 Å². The maximum Gasteiger partial charge on any atom is 0.0983 e. The van der Waals surface area contributed by atoms with Crippen LogP contribution in [0.4, 0.5) is 5.69 Å². The van der Waals surface area contributed by atoms with E-state index >= 15 is 0 Å². The highest BCUT2D eigenvalue weighted by Gasteiger charge is 2.17. The summed E-state index contributed by atoms with van der Waals surface area (Å²) >= 11 is 0. The van der Waals surface area contributed by atoms with Gasteiger partial charge >= 0.3 is 0 Å². The fourth-order valence-electron chi connectivity index (χ4n) is 1.91. The zero-order valence-corrected chi connectivity index (χ0v) is 8.96. The van der Waals surface area contributed by atoms with Crippen molar-refractivity contribution < 1.29 is 0 Å². The summed E-state index contributed by atoms with van der Waals surface area (Å²) in [7, 11) is 0. The summed E-state index contributed by atoms with van der Waals surface area (Å²) in [6, 6.07) is 6.85. The Bertz CT molecular complexity index is 380. The van der Waals surface area contributed by atoms with E-state index in [0.29, 0.717) is 6.04 Å². The maximum atomic E-state index is 4.59. The maximum absolute atomic E-state index is 4.59. The Hall–Kier alpha value is -1.31. The quantitative estimate of drug-likeness (QED) is 0.718. The number of amidine groups is 1. The first kappa shape index (κ1) is 9.25. The number of nitrogens with one attached hydrogen (secondary N) is 1. The SMILES string of the molecule is CCC1N=C(C)Nc2ccc(C)cc21. The number of hydrogen-bond acceptors (Lipinski definition) is 2. The molecule has 1 heterocycles. The van der Waals surface area contributed by atoms with Crippen molar-refractivity contribution in [2.24, 2.45) is 4.99 Å². The van der Waals surface area contributed by atoms with Gasteiger partial charge in [0.2, 0.25) is 0 Å². The second kappa shape index (κ2) is 3.45. The number of hydrogen-bond donors (Lipinski definition) is 1. The van der Waals surface area contributed by atoms with Crippen LogP contribution in [0.25, 0.3) is 0 Å². The minimum absolute atomic E-state index is 0.339. The molecule has 1 aliphatic heterocycles. The summed E-state index contributed by atoms with van der Waals surface area (Å²) in [6.45, 7) is 6.32. The predicted octanol–water partition coefficient (Wildman–Crippen LogP) is 3.29. The number of anilines is 1. The highest BCUT2D eigenvalue weighted by molar-refractivity contribution is 5.96. The summed E-state index contributed by atoms with van der Waals surface area (Å²) in [5, 5.41) is 3.30. The molecule has 1 atom stereocenters. The fraction of sp³-hybridized carbons (Fsp3) is 0.417. The van der Waals surface area contributed by atoms with E-state index < -0.39 is 0 Å². The zero-order valence-electron chi connectivity index (χ0n) is 8.96. The number of aliphatic imine (C=N–C) groups is 1. The van der Waals surface area contributed by atoms with Crippen LogP contribution in [0.15, 0.2) is 23.2 Å². The molecule has 1 aromatic rings. The third kappa shape index (κ3) is 1.52. The van der Waals surface area contributed by atoms with Crippen molar-refractivity contribution in [3.05, 3.63) is 29.3 Å². The number of nitrogens with zero attached hydrogens (tertiary/aromatic N) is 1. The van der Waals surface area contributed by atoms with Crippen LogP contribution in [0, 0.1) is 6.92 Å². The van der Waals surface area contributed by atoms with Gasteiger partial charge < -0.3 is 5.32 Å². The molecule has 0 radical (unpaired) electrons. The molecular weight excluding hydrogens is 172 g/mol. The summed E-state index contributed by atoms with van der Waals surface area (Å²) in [6.07, 6.45) is 1.06. The van der Waals surface area contributed by atoms with Crippen molar-refractivity contribution in [1.29, 1.82) is 0 Å². The number of fused-ring (bicyclic) bond motifs is 1. The van der Waals surface area contributed by atoms with Crippen LogP contribution in [0.2, 0.25) is 0 Å². The average Bonchev–Trinajstić information content (AvgIpc) is 2.17. The van der Waals surface area contributed by atoms with Crippen LogP contribution in [-0.2, 0) is 0 Å². The van der Waals surface area contributed by atoms with Crippen molar-refractivity contribution in [3.8, 4) is 0 Å². The van der Waals surface area contributed by atoms with E-state index in [1.54, 1.807) is 0 Å². The van der Waals surface area contributed by atoms with Crippen LogP contribution >= 0.6 is 0 Å². The van der Waals surface area contributed by atoms with Gasteiger partial charge in [0.05, 0.1) is 11.9 Å². The van der Waals surface area contributed by atoms with Crippen LogP contribution in [-0.4, -0.2) is 5.84 Å². The van der Waals surface area contributed by atoms with Gasteiger partial charge in [-0.2, -0.15) is 0 Å². The molecular formula is C12H16N2. The van der Waals surface area contributed by atoms with Gasteiger partial charge in [-0.25, -0.2) is 0 Å². The van der Waals surface area contributed by atoms with Crippen molar-refractivity contribution >= 4 is 11.5 Å². The van der Waals surface area contributed by atoms with Crippen molar-refractivity contribution in [1.82, 2.24) is 0 Å². The molecule has 14 heavy (non-hydrogen) atoms. The van der Waals surface area contributed by atoms with E-state index in [4.69, 9.17) is 0 Å². The van der Waals surface area contributed by atoms with E-state index in [2.05, 4.69) is 42.4 Å². The van der Waals surface area contributed by atoms with Crippen LogP contribution in [0.3, 0.4) is 0 Å². The van der Waals surface area contributed by atoms with E-state index in [-0.39, 0.29) is 0 Å². The van der Waals surface area contributed by atoms with Crippen molar-refractivity contribution in [2.75, 3.05) is 5.32 Å². The Balaban J connectivity index is 2.48. The first-order chi connectivity index (χ1) is 6.70. The third-order valence-electron chi connectivity index (χ3n) is 2.62. The van der Waals surface area contributed by atoms with E-state index in [0.717, 1.165) is 12.3 Å². The Labute approximate surface area is 85.1 Å². The largest absolute Gasteiger partial charge is 0.344 e. The lowest BCUT2D eigenvalue weighted by Crippen LogP contribution is -2.17. The van der Waals surface area contributed by atoms with Gasteiger partial charge in [0.1, 0.15) is 0 Å². The molecule has 0 fully saturated rings. The molecule has 0 saturated carbocycles. The predicted molar refractivity (Wildman–Crippen MR) is 60.9 cm³/mol. The molecule has 1 N–H and O–H groups in total. The molecule has 2 rings (SSSR count). The van der Waals surface area contributed by atoms with Gasteiger partial charge in [0.15, 0.2) is 0 Å². The lowest BCUT2D eigenvalue weighted by atomic mass is 9.99. The monoisotopic (exact) mass is 188 g/mol. The molecule has 0 aromatic heterocycles. The third-order valence-corrected chi connectivity index (χ3v) is 2.62. The minimum Gasteiger partial charge on any atom is -0.344 e. The summed E-state index contributed by atoms with van der Waals surface area (Å²) < 4.78 is 0. The van der Waals surface area contributed by atoms with Crippen LogP contribution in [0.5, 0.6) is 0 Å². The Morgan fingerprint density at radius 2 is 2.14 bits per heavy atom. The van der Waals surface area contributed by atoms with E-state index in [1.165, 1.54) is 16.8 Å². The number of aryl methyl sites for hydroxylation is 1. The Morgan fingerprint density at radius 3 is 2.86 bits per heavy atom. The number of benzene rings is 1. The summed E-state index contributed by atoms with van der Waals surface area (Å²) in [5.74, 6) is 1.02.